The van der Waals surface area contributed by atoms with E-state index in [1.807, 2.05) is 33.2 Å². The lowest BCUT2D eigenvalue weighted by atomic mass is 9.95. The normalized spacial score (nSPS) is 28.0. The third-order valence-electron chi connectivity index (χ3n) is 7.47. The number of ether oxygens (including phenoxy) is 2. The molecule has 0 spiro atoms. The van der Waals surface area contributed by atoms with E-state index in [4.69, 9.17) is 15.2 Å². The number of nitrogen functional groups attached to an aromatic ring is 1. The van der Waals surface area contributed by atoms with Crippen LogP contribution in [0.15, 0.2) is 36.8 Å². The molecule has 1 amide bonds. The van der Waals surface area contributed by atoms with Gasteiger partial charge in [-0.3, -0.25) is 4.79 Å². The van der Waals surface area contributed by atoms with Gasteiger partial charge in [0.2, 0.25) is 5.91 Å². The molecule has 6 rings (SSSR count). The van der Waals surface area contributed by atoms with Crippen LogP contribution in [0.3, 0.4) is 0 Å². The van der Waals surface area contributed by atoms with Gasteiger partial charge in [-0.15, -0.1) is 0 Å². The number of hydrogen-bond acceptors (Lipinski definition) is 6. The van der Waals surface area contributed by atoms with E-state index >= 15 is 0 Å². The van der Waals surface area contributed by atoms with Crippen LogP contribution >= 0.6 is 0 Å². The van der Waals surface area contributed by atoms with E-state index in [9.17, 15) is 4.79 Å². The molecule has 33 heavy (non-hydrogen) atoms. The second-order valence-corrected chi connectivity index (χ2v) is 9.98. The third kappa shape index (κ3) is 3.31. The maximum atomic E-state index is 12.0. The van der Waals surface area contributed by atoms with E-state index in [-0.39, 0.29) is 24.2 Å². The highest BCUT2D eigenvalue weighted by Crippen LogP contribution is 2.49. The number of rotatable bonds is 4. The Kier molecular flexibility index (Phi) is 4.54. The number of nitrogens with zero attached hydrogens (tertiary/aromatic N) is 4. The van der Waals surface area contributed by atoms with Crippen molar-refractivity contribution in [1.29, 1.82) is 0 Å². The molecule has 3 aromatic rings. The van der Waals surface area contributed by atoms with Crippen LogP contribution in [0.5, 0.6) is 0 Å². The first-order valence-electron chi connectivity index (χ1n) is 11.6. The van der Waals surface area contributed by atoms with Gasteiger partial charge in [0.1, 0.15) is 23.9 Å². The van der Waals surface area contributed by atoms with Crippen LogP contribution in [0.2, 0.25) is 0 Å². The molecule has 1 aromatic carbocycles. The van der Waals surface area contributed by atoms with Crippen molar-refractivity contribution in [3.63, 3.8) is 0 Å². The Morgan fingerprint density at radius 2 is 2.00 bits per heavy atom. The number of aryl methyl sites for hydroxylation is 1. The molecule has 2 aromatic heterocycles. The second kappa shape index (κ2) is 7.27. The van der Waals surface area contributed by atoms with Crippen LogP contribution < -0.4 is 10.6 Å². The molecule has 4 atom stereocenters. The van der Waals surface area contributed by atoms with Crippen LogP contribution in [0.1, 0.15) is 43.9 Å². The number of carbonyl (C=O) groups is 1. The molecule has 1 saturated heterocycles. The number of anilines is 2. The van der Waals surface area contributed by atoms with Crippen LogP contribution in [-0.2, 0) is 27.1 Å². The minimum Gasteiger partial charge on any atom is -0.383 e. The van der Waals surface area contributed by atoms with Crippen molar-refractivity contribution < 1.29 is 14.3 Å². The zero-order valence-corrected chi connectivity index (χ0v) is 19.2. The van der Waals surface area contributed by atoms with Gasteiger partial charge in [-0.25, -0.2) is 9.97 Å². The summed E-state index contributed by atoms with van der Waals surface area (Å²) in [6.07, 6.45) is 6.93. The first-order valence-corrected chi connectivity index (χ1v) is 11.6. The Balaban J connectivity index is 1.25. The van der Waals surface area contributed by atoms with E-state index in [0.717, 1.165) is 41.5 Å². The molecular formula is C25H29N5O3. The Hall–Kier alpha value is -2.97. The fraction of sp³-hybridized carbons (Fsp3) is 0.480. The number of fused-ring (bicyclic) bond motifs is 3. The van der Waals surface area contributed by atoms with Crippen molar-refractivity contribution >= 4 is 28.4 Å². The van der Waals surface area contributed by atoms with Crippen LogP contribution in [0, 0.1) is 5.92 Å². The summed E-state index contributed by atoms with van der Waals surface area (Å²) in [4.78, 5) is 22.4. The minimum atomic E-state index is -0.609. The largest absolute Gasteiger partial charge is 0.383 e. The fourth-order valence-electron chi connectivity index (χ4n) is 5.90. The summed E-state index contributed by atoms with van der Waals surface area (Å²) in [5.41, 5.74) is 10.3. The molecule has 3 aliphatic rings. The lowest BCUT2D eigenvalue weighted by Gasteiger charge is -2.24. The molecule has 0 bridgehead atoms. The average Bonchev–Trinajstić information content (AvgIpc) is 3.49. The average molecular weight is 448 g/mol. The minimum absolute atomic E-state index is 0.0313. The monoisotopic (exact) mass is 447 g/mol. The summed E-state index contributed by atoms with van der Waals surface area (Å²) in [5, 5.41) is 0.869. The smallest absolute Gasteiger partial charge is 0.231 e. The van der Waals surface area contributed by atoms with Crippen molar-refractivity contribution in [2.45, 2.75) is 63.6 Å². The third-order valence-corrected chi connectivity index (χ3v) is 7.47. The summed E-state index contributed by atoms with van der Waals surface area (Å²) < 4.78 is 15.0. The van der Waals surface area contributed by atoms with Gasteiger partial charge in [-0.2, -0.15) is 0 Å². The molecule has 1 aliphatic carbocycles. The van der Waals surface area contributed by atoms with Gasteiger partial charge in [-0.1, -0.05) is 12.1 Å². The molecule has 0 unspecified atom stereocenters. The van der Waals surface area contributed by atoms with Gasteiger partial charge in [0, 0.05) is 18.9 Å². The maximum Gasteiger partial charge on any atom is 0.231 e. The van der Waals surface area contributed by atoms with Gasteiger partial charge in [0.25, 0.3) is 0 Å². The highest BCUT2D eigenvalue weighted by atomic mass is 16.8. The lowest BCUT2D eigenvalue weighted by Crippen LogP contribution is -2.27. The van der Waals surface area contributed by atoms with E-state index in [1.54, 1.807) is 4.90 Å². The number of amides is 1. The summed E-state index contributed by atoms with van der Waals surface area (Å²) >= 11 is 0. The van der Waals surface area contributed by atoms with Gasteiger partial charge in [0.05, 0.1) is 24.0 Å². The number of hydrogen-bond donors (Lipinski definition) is 1. The second-order valence-electron chi connectivity index (χ2n) is 9.98. The molecule has 4 heterocycles. The zero-order valence-electron chi connectivity index (χ0n) is 19.2. The van der Waals surface area contributed by atoms with Gasteiger partial charge in [-0.05, 0) is 62.3 Å². The number of benzene rings is 1. The number of nitrogens with two attached hydrogens (primary N) is 1. The van der Waals surface area contributed by atoms with Crippen LogP contribution in [-0.4, -0.2) is 45.5 Å². The SMILES string of the molecule is CN1C(=O)Cc2cc(CC[C@H]3C[C@@H](n4ccc5c(N)ncnc54)[C@@H]4OC(C)(C)O[C@H]34)ccc21. The maximum absolute atomic E-state index is 12.0. The van der Waals surface area contributed by atoms with Gasteiger partial charge < -0.3 is 24.7 Å². The van der Waals surface area contributed by atoms with E-state index in [0.29, 0.717) is 18.2 Å². The van der Waals surface area contributed by atoms with Crippen molar-refractivity contribution in [1.82, 2.24) is 14.5 Å². The number of carbonyl (C=O) groups excluding carboxylic acids is 1. The summed E-state index contributed by atoms with van der Waals surface area (Å²) in [6, 6.07) is 8.52. The molecule has 2 fully saturated rings. The summed E-state index contributed by atoms with van der Waals surface area (Å²) in [5.74, 6) is 0.401. The standard InChI is InChI=1S/C25H29N5O3/c1-25(2)32-21-15(6-4-14-5-7-18-16(10-14)12-20(31)29(18)3)11-19(22(21)33-25)30-9-8-17-23(26)27-13-28-24(17)30/h5,7-10,13,15,19,21-22H,4,6,11-12H2,1-3H3,(H2,26,27,28)/t15-,19+,21+,22-/m0/s1. The summed E-state index contributed by atoms with van der Waals surface area (Å²) in [6.45, 7) is 3.97. The fourth-order valence-corrected chi connectivity index (χ4v) is 5.90. The molecule has 2 aliphatic heterocycles. The first-order chi connectivity index (χ1) is 15.8. The Morgan fingerprint density at radius 3 is 2.85 bits per heavy atom. The molecule has 8 heteroatoms. The highest BCUT2D eigenvalue weighted by molar-refractivity contribution is 6.00. The Bertz CT molecular complexity index is 1250. The number of likely N-dealkylation sites (N-methyl/N-ethyl adjacent to an activating group) is 1. The summed E-state index contributed by atoms with van der Waals surface area (Å²) in [7, 11) is 1.84. The number of aromatic nitrogens is 3. The van der Waals surface area contributed by atoms with Crippen molar-refractivity contribution in [3.8, 4) is 0 Å². The first kappa shape index (κ1) is 20.6. The Labute approximate surface area is 192 Å². The van der Waals surface area contributed by atoms with Gasteiger partial charge >= 0.3 is 0 Å². The van der Waals surface area contributed by atoms with Crippen molar-refractivity contribution in [3.05, 3.63) is 47.9 Å². The lowest BCUT2D eigenvalue weighted by molar-refractivity contribution is -0.160. The molecule has 2 N–H and O–H groups in total. The topological polar surface area (TPSA) is 95.5 Å². The van der Waals surface area contributed by atoms with Crippen molar-refractivity contribution in [2.75, 3.05) is 17.7 Å². The predicted molar refractivity (Wildman–Crippen MR) is 125 cm³/mol. The zero-order chi connectivity index (χ0) is 22.9. The van der Waals surface area contributed by atoms with Crippen LogP contribution in [0.25, 0.3) is 11.0 Å². The van der Waals surface area contributed by atoms with Crippen LogP contribution in [0.4, 0.5) is 11.5 Å². The highest BCUT2D eigenvalue weighted by Gasteiger charge is 2.54. The quantitative estimate of drug-likeness (QED) is 0.660. The van der Waals surface area contributed by atoms with E-state index < -0.39 is 5.79 Å². The van der Waals surface area contributed by atoms with Gasteiger partial charge in [0.15, 0.2) is 5.79 Å². The molecular weight excluding hydrogens is 418 g/mol. The molecule has 172 valence electrons. The van der Waals surface area contributed by atoms with E-state index in [2.05, 4.69) is 32.7 Å². The molecule has 8 nitrogen and oxygen atoms in total. The van der Waals surface area contributed by atoms with E-state index in [1.165, 1.54) is 11.9 Å². The molecule has 1 saturated carbocycles. The predicted octanol–water partition coefficient (Wildman–Crippen LogP) is 3.25. The Morgan fingerprint density at radius 1 is 1.18 bits per heavy atom. The molecule has 0 radical (unpaired) electrons. The van der Waals surface area contributed by atoms with Crippen molar-refractivity contribution in [2.24, 2.45) is 5.92 Å².